The molecule has 3 rings (SSSR count). The molecule has 25 heavy (non-hydrogen) atoms. The predicted octanol–water partition coefficient (Wildman–Crippen LogP) is 2.34. The van der Waals surface area contributed by atoms with E-state index in [1.807, 2.05) is 20.9 Å². The third-order valence-corrected chi connectivity index (χ3v) is 4.35. The molecule has 0 radical (unpaired) electrons. The van der Waals surface area contributed by atoms with Gasteiger partial charge in [-0.25, -0.2) is 4.79 Å². The molecule has 0 aliphatic carbocycles. The Morgan fingerprint density at radius 3 is 2.60 bits per heavy atom. The summed E-state index contributed by atoms with van der Waals surface area (Å²) in [6.45, 7) is 3.87. The van der Waals surface area contributed by atoms with Crippen molar-refractivity contribution in [2.45, 2.75) is 26.8 Å². The average Bonchev–Trinajstić information content (AvgIpc) is 3.06. The van der Waals surface area contributed by atoms with Gasteiger partial charge in [-0.3, -0.25) is 9.48 Å². The fraction of sp³-hybridized carbons (Fsp3) is 0.278. The first-order valence-electron chi connectivity index (χ1n) is 7.88. The summed E-state index contributed by atoms with van der Waals surface area (Å²) >= 11 is 0. The molecule has 0 atom stereocenters. The largest absolute Gasteiger partial charge is 0.475 e. The smallest absolute Gasteiger partial charge is 0.372 e. The molecule has 1 amide bonds. The highest BCUT2D eigenvalue weighted by Gasteiger charge is 2.20. The Balaban J connectivity index is 1.79. The summed E-state index contributed by atoms with van der Waals surface area (Å²) < 4.78 is 7.13. The zero-order chi connectivity index (χ0) is 18.1. The highest BCUT2D eigenvalue weighted by Crippen LogP contribution is 2.26. The van der Waals surface area contributed by atoms with Crippen molar-refractivity contribution in [3.05, 3.63) is 52.5 Å². The number of para-hydroxylation sites is 1. The summed E-state index contributed by atoms with van der Waals surface area (Å²) in [5.41, 5.74) is 3.59. The molecule has 7 nitrogen and oxygen atoms in total. The van der Waals surface area contributed by atoms with Crippen molar-refractivity contribution in [1.82, 2.24) is 15.1 Å². The first kappa shape index (κ1) is 16.8. The normalized spacial score (nSPS) is 11.0. The van der Waals surface area contributed by atoms with Crippen LogP contribution in [0.1, 0.15) is 33.1 Å². The molecule has 0 saturated carbocycles. The highest BCUT2D eigenvalue weighted by atomic mass is 16.4. The zero-order valence-electron chi connectivity index (χ0n) is 14.3. The minimum Gasteiger partial charge on any atom is -0.475 e. The van der Waals surface area contributed by atoms with E-state index >= 15 is 0 Å². The van der Waals surface area contributed by atoms with Crippen LogP contribution in [-0.2, 0) is 24.8 Å². The molecule has 0 bridgehead atoms. The molecule has 0 fully saturated rings. The first-order chi connectivity index (χ1) is 11.9. The summed E-state index contributed by atoms with van der Waals surface area (Å²) in [6.07, 6.45) is 0.198. The second kappa shape index (κ2) is 6.43. The number of nitrogens with one attached hydrogen (secondary N) is 1. The van der Waals surface area contributed by atoms with Crippen LogP contribution in [0, 0.1) is 13.8 Å². The second-order valence-corrected chi connectivity index (χ2v) is 5.94. The number of carbonyl (C=O) groups is 2. The van der Waals surface area contributed by atoms with Crippen LogP contribution in [0.2, 0.25) is 0 Å². The fourth-order valence-corrected chi connectivity index (χ4v) is 2.93. The van der Waals surface area contributed by atoms with E-state index in [1.54, 1.807) is 28.9 Å². The van der Waals surface area contributed by atoms with Gasteiger partial charge in [0, 0.05) is 35.8 Å². The molecular formula is C18H19N3O4. The number of carbonyl (C=O) groups excluding carboxylic acids is 1. The van der Waals surface area contributed by atoms with E-state index in [4.69, 9.17) is 4.42 Å². The van der Waals surface area contributed by atoms with Crippen molar-refractivity contribution < 1.29 is 19.1 Å². The maximum atomic E-state index is 12.3. The molecule has 2 heterocycles. The van der Waals surface area contributed by atoms with Crippen molar-refractivity contribution in [2.24, 2.45) is 7.05 Å². The predicted molar refractivity (Wildman–Crippen MR) is 91.4 cm³/mol. The Morgan fingerprint density at radius 1 is 1.24 bits per heavy atom. The summed E-state index contributed by atoms with van der Waals surface area (Å²) in [5.74, 6) is -1.49. The summed E-state index contributed by atoms with van der Waals surface area (Å²) in [5, 5.41) is 17.1. The van der Waals surface area contributed by atoms with Crippen LogP contribution in [-0.4, -0.2) is 26.8 Å². The van der Waals surface area contributed by atoms with Gasteiger partial charge in [0.1, 0.15) is 5.58 Å². The molecule has 130 valence electrons. The number of carboxylic acids is 1. The third kappa shape index (κ3) is 3.13. The maximum Gasteiger partial charge on any atom is 0.372 e. The Morgan fingerprint density at radius 2 is 1.96 bits per heavy atom. The standard InChI is InChI=1S/C18H19N3O4/c1-10-13(11(2)21(3)20-10)8-16(22)19-9-14-12-6-4-5-7-15(12)25-17(14)18(23)24/h4-7H,8-9H2,1-3H3,(H,19,22)(H,23,24). The number of rotatable bonds is 5. The second-order valence-electron chi connectivity index (χ2n) is 5.94. The Kier molecular flexibility index (Phi) is 4.31. The highest BCUT2D eigenvalue weighted by molar-refractivity contribution is 5.95. The summed E-state index contributed by atoms with van der Waals surface area (Å²) in [6, 6.07) is 7.06. The minimum absolute atomic E-state index is 0.0931. The quantitative estimate of drug-likeness (QED) is 0.742. The van der Waals surface area contributed by atoms with Crippen molar-refractivity contribution in [2.75, 3.05) is 0 Å². The number of carboxylic acid groups (broad SMARTS) is 1. The number of fused-ring (bicyclic) bond motifs is 1. The van der Waals surface area contributed by atoms with E-state index in [2.05, 4.69) is 10.4 Å². The van der Waals surface area contributed by atoms with Crippen LogP contribution in [0.5, 0.6) is 0 Å². The number of hydrogen-bond donors (Lipinski definition) is 2. The van der Waals surface area contributed by atoms with Gasteiger partial charge in [-0.15, -0.1) is 0 Å². The maximum absolute atomic E-state index is 12.3. The monoisotopic (exact) mass is 341 g/mol. The van der Waals surface area contributed by atoms with Gasteiger partial charge in [-0.05, 0) is 19.9 Å². The molecule has 1 aromatic carbocycles. The van der Waals surface area contributed by atoms with Crippen LogP contribution in [0.3, 0.4) is 0 Å². The lowest BCUT2D eigenvalue weighted by molar-refractivity contribution is -0.120. The van der Waals surface area contributed by atoms with Crippen molar-refractivity contribution in [3.63, 3.8) is 0 Å². The van der Waals surface area contributed by atoms with Crippen molar-refractivity contribution in [1.29, 1.82) is 0 Å². The van der Waals surface area contributed by atoms with E-state index in [9.17, 15) is 14.7 Å². The molecule has 0 aliphatic rings. The minimum atomic E-state index is -1.15. The molecule has 2 N–H and O–H groups in total. The molecule has 0 aliphatic heterocycles. The number of nitrogens with zero attached hydrogens (tertiary/aromatic N) is 2. The van der Waals surface area contributed by atoms with Gasteiger partial charge in [0.15, 0.2) is 0 Å². The van der Waals surface area contributed by atoms with Gasteiger partial charge in [0.2, 0.25) is 11.7 Å². The van der Waals surface area contributed by atoms with Crippen LogP contribution in [0.15, 0.2) is 28.7 Å². The van der Waals surface area contributed by atoms with Gasteiger partial charge < -0.3 is 14.8 Å². The average molecular weight is 341 g/mol. The van der Waals surface area contributed by atoms with Gasteiger partial charge in [0.25, 0.3) is 0 Å². The topological polar surface area (TPSA) is 97.4 Å². The number of aromatic carboxylic acids is 1. The van der Waals surface area contributed by atoms with E-state index in [-0.39, 0.29) is 24.6 Å². The lowest BCUT2D eigenvalue weighted by Crippen LogP contribution is -2.25. The van der Waals surface area contributed by atoms with E-state index in [0.29, 0.717) is 16.5 Å². The summed E-state index contributed by atoms with van der Waals surface area (Å²) in [7, 11) is 1.83. The molecule has 7 heteroatoms. The number of benzene rings is 1. The number of aromatic nitrogens is 2. The zero-order valence-corrected chi connectivity index (χ0v) is 14.3. The number of amides is 1. The molecular weight excluding hydrogens is 322 g/mol. The van der Waals surface area contributed by atoms with Crippen LogP contribution in [0.25, 0.3) is 11.0 Å². The molecule has 2 aromatic heterocycles. The Labute approximate surface area is 144 Å². The number of aryl methyl sites for hydroxylation is 2. The van der Waals surface area contributed by atoms with Gasteiger partial charge >= 0.3 is 5.97 Å². The third-order valence-electron chi connectivity index (χ3n) is 4.35. The number of hydrogen-bond acceptors (Lipinski definition) is 4. The first-order valence-corrected chi connectivity index (χ1v) is 7.88. The Hall–Kier alpha value is -3.09. The van der Waals surface area contributed by atoms with Crippen LogP contribution >= 0.6 is 0 Å². The van der Waals surface area contributed by atoms with Gasteiger partial charge in [0.05, 0.1) is 12.1 Å². The van der Waals surface area contributed by atoms with Crippen LogP contribution in [0.4, 0.5) is 0 Å². The fourth-order valence-electron chi connectivity index (χ4n) is 2.93. The van der Waals surface area contributed by atoms with Crippen molar-refractivity contribution in [3.8, 4) is 0 Å². The van der Waals surface area contributed by atoms with Gasteiger partial charge in [-0.2, -0.15) is 5.10 Å². The molecule has 3 aromatic rings. The molecule has 0 unspecified atom stereocenters. The van der Waals surface area contributed by atoms with E-state index < -0.39 is 5.97 Å². The molecule has 0 spiro atoms. The van der Waals surface area contributed by atoms with Gasteiger partial charge in [-0.1, -0.05) is 18.2 Å². The summed E-state index contributed by atoms with van der Waals surface area (Å²) in [4.78, 5) is 23.7. The lowest BCUT2D eigenvalue weighted by atomic mass is 10.1. The Bertz CT molecular complexity index is 968. The van der Waals surface area contributed by atoms with Crippen LogP contribution < -0.4 is 5.32 Å². The molecule has 0 saturated heterocycles. The van der Waals surface area contributed by atoms with E-state index in [1.165, 1.54) is 0 Å². The number of furan rings is 1. The van der Waals surface area contributed by atoms with E-state index in [0.717, 1.165) is 17.0 Å². The van der Waals surface area contributed by atoms with Crippen molar-refractivity contribution >= 4 is 22.8 Å². The lowest BCUT2D eigenvalue weighted by Gasteiger charge is -2.06. The SMILES string of the molecule is Cc1nn(C)c(C)c1CC(=O)NCc1c(C(=O)O)oc2ccccc12.